The van der Waals surface area contributed by atoms with E-state index in [4.69, 9.17) is 4.74 Å². The van der Waals surface area contributed by atoms with Crippen molar-refractivity contribution in [1.82, 2.24) is 20.4 Å². The molecular weight excluding hydrogens is 268 g/mol. The molecule has 1 aliphatic rings. The van der Waals surface area contributed by atoms with Crippen molar-refractivity contribution >= 4 is 6.03 Å². The van der Waals surface area contributed by atoms with Gasteiger partial charge in [-0.2, -0.15) is 5.10 Å². The summed E-state index contributed by atoms with van der Waals surface area (Å²) in [5, 5.41) is 10.1. The summed E-state index contributed by atoms with van der Waals surface area (Å²) in [6, 6.07) is -0.109. The lowest BCUT2D eigenvalue weighted by molar-refractivity contribution is -0.177. The van der Waals surface area contributed by atoms with Crippen LogP contribution >= 0.6 is 0 Å². The second-order valence-electron chi connectivity index (χ2n) is 6.70. The number of nitrogens with one attached hydrogen (secondary N) is 2. The van der Waals surface area contributed by atoms with Gasteiger partial charge in [-0.3, -0.25) is 4.68 Å². The average molecular weight is 294 g/mol. The Morgan fingerprint density at radius 2 is 2.19 bits per heavy atom. The molecule has 6 heteroatoms. The van der Waals surface area contributed by atoms with Crippen LogP contribution in [0.3, 0.4) is 0 Å². The highest BCUT2D eigenvalue weighted by Gasteiger charge is 2.58. The van der Waals surface area contributed by atoms with Crippen molar-refractivity contribution in [2.24, 2.45) is 12.5 Å². The number of aromatic nitrogens is 2. The molecule has 1 aromatic heterocycles. The molecule has 0 spiro atoms. The van der Waals surface area contributed by atoms with E-state index in [1.807, 2.05) is 20.2 Å². The number of methoxy groups -OCH3 is 1. The fourth-order valence-electron chi connectivity index (χ4n) is 2.87. The lowest BCUT2D eigenvalue weighted by Gasteiger charge is -2.59. The van der Waals surface area contributed by atoms with Gasteiger partial charge >= 0.3 is 6.03 Å². The molecule has 1 aliphatic carbocycles. The third-order valence-electron chi connectivity index (χ3n) is 5.16. The van der Waals surface area contributed by atoms with Gasteiger partial charge in [-0.15, -0.1) is 0 Å². The number of hydrogen-bond donors (Lipinski definition) is 2. The maximum atomic E-state index is 12.1. The van der Waals surface area contributed by atoms with Crippen LogP contribution in [0.15, 0.2) is 12.4 Å². The van der Waals surface area contributed by atoms with E-state index in [9.17, 15) is 4.79 Å². The van der Waals surface area contributed by atoms with Crippen molar-refractivity contribution in [3.63, 3.8) is 0 Å². The second kappa shape index (κ2) is 5.33. The Bertz CT molecular complexity index is 525. The summed E-state index contributed by atoms with van der Waals surface area (Å²) in [5.41, 5.74) is 0.721. The first-order valence-electron chi connectivity index (χ1n) is 7.30. The van der Waals surface area contributed by atoms with Gasteiger partial charge in [-0.05, 0) is 20.3 Å². The molecule has 3 atom stereocenters. The molecule has 2 N–H and O–H groups in total. The van der Waals surface area contributed by atoms with Crippen LogP contribution < -0.4 is 10.6 Å². The molecule has 6 nitrogen and oxygen atoms in total. The minimum absolute atomic E-state index is 0.0734. The van der Waals surface area contributed by atoms with Crippen molar-refractivity contribution in [2.75, 3.05) is 7.11 Å². The molecule has 21 heavy (non-hydrogen) atoms. The molecule has 2 amide bonds. The fraction of sp³-hybridized carbons (Fsp3) is 0.733. The zero-order valence-corrected chi connectivity index (χ0v) is 13.7. The number of amides is 2. The number of rotatable bonds is 4. The van der Waals surface area contributed by atoms with E-state index < -0.39 is 0 Å². The number of aryl methyl sites for hydroxylation is 1. The van der Waals surface area contributed by atoms with Crippen LogP contribution in [0.5, 0.6) is 0 Å². The van der Waals surface area contributed by atoms with E-state index in [0.717, 1.165) is 12.0 Å². The standard InChI is InChI=1S/C15H26N4O2/c1-10(11-8-16-19(5)9-11)17-13(20)18-12-7-15(4,21-6)14(12,2)3/h8-10,12H,7H2,1-6H3,(H2,17,18,20)/t10-,12+,15-/m1/s1. The minimum atomic E-state index is -0.181. The summed E-state index contributed by atoms with van der Waals surface area (Å²) < 4.78 is 7.30. The average Bonchev–Trinajstić information content (AvgIpc) is 2.84. The van der Waals surface area contributed by atoms with Crippen LogP contribution in [0.4, 0.5) is 4.79 Å². The third-order valence-corrected chi connectivity index (χ3v) is 5.16. The van der Waals surface area contributed by atoms with E-state index in [-0.39, 0.29) is 29.1 Å². The van der Waals surface area contributed by atoms with E-state index in [1.165, 1.54) is 0 Å². The molecule has 1 fully saturated rings. The monoisotopic (exact) mass is 294 g/mol. The molecule has 0 aromatic carbocycles. The normalized spacial score (nSPS) is 28.6. The fourth-order valence-corrected chi connectivity index (χ4v) is 2.87. The number of urea groups is 1. The van der Waals surface area contributed by atoms with Crippen LogP contribution in [-0.2, 0) is 11.8 Å². The van der Waals surface area contributed by atoms with E-state index in [0.29, 0.717) is 0 Å². The highest BCUT2D eigenvalue weighted by atomic mass is 16.5. The van der Waals surface area contributed by atoms with Gasteiger partial charge in [0, 0.05) is 37.4 Å². The summed E-state index contributed by atoms with van der Waals surface area (Å²) in [7, 11) is 3.58. The van der Waals surface area contributed by atoms with Crippen LogP contribution in [0, 0.1) is 5.41 Å². The largest absolute Gasteiger partial charge is 0.378 e. The predicted molar refractivity (Wildman–Crippen MR) is 80.9 cm³/mol. The summed E-state index contributed by atoms with van der Waals surface area (Å²) in [5.74, 6) is 0. The van der Waals surface area contributed by atoms with Crippen LogP contribution in [0.25, 0.3) is 0 Å². The smallest absolute Gasteiger partial charge is 0.315 e. The zero-order valence-electron chi connectivity index (χ0n) is 13.7. The van der Waals surface area contributed by atoms with Crippen molar-refractivity contribution in [2.45, 2.75) is 51.8 Å². The minimum Gasteiger partial charge on any atom is -0.378 e. The Labute approximate surface area is 126 Å². The van der Waals surface area contributed by atoms with Gasteiger partial charge in [0.15, 0.2) is 0 Å². The lowest BCUT2D eigenvalue weighted by Crippen LogP contribution is -2.69. The van der Waals surface area contributed by atoms with Crippen LogP contribution in [0.1, 0.15) is 45.7 Å². The molecule has 0 saturated heterocycles. The predicted octanol–water partition coefficient (Wildman–Crippen LogP) is 1.98. The van der Waals surface area contributed by atoms with Gasteiger partial charge in [0.05, 0.1) is 17.8 Å². The number of ether oxygens (including phenoxy) is 1. The Balaban J connectivity index is 1.89. The van der Waals surface area contributed by atoms with Crippen LogP contribution in [0.2, 0.25) is 0 Å². The Morgan fingerprint density at radius 1 is 1.52 bits per heavy atom. The Kier molecular flexibility index (Phi) is 4.02. The molecule has 0 unspecified atom stereocenters. The number of carbonyl (C=O) groups excluding carboxylic acids is 1. The maximum Gasteiger partial charge on any atom is 0.315 e. The maximum absolute atomic E-state index is 12.1. The van der Waals surface area contributed by atoms with Crippen LogP contribution in [-0.4, -0.2) is 34.6 Å². The first-order chi connectivity index (χ1) is 9.69. The zero-order chi connectivity index (χ0) is 15.8. The number of carbonyl (C=O) groups is 1. The topological polar surface area (TPSA) is 68.2 Å². The van der Waals surface area contributed by atoms with Gasteiger partial charge in [-0.1, -0.05) is 13.8 Å². The number of hydrogen-bond acceptors (Lipinski definition) is 3. The first-order valence-corrected chi connectivity index (χ1v) is 7.30. The summed E-state index contributed by atoms with van der Waals surface area (Å²) in [6.07, 6.45) is 4.49. The first kappa shape index (κ1) is 15.8. The molecule has 118 valence electrons. The van der Waals surface area contributed by atoms with E-state index >= 15 is 0 Å². The summed E-state index contributed by atoms with van der Waals surface area (Å²) in [6.45, 7) is 8.27. The van der Waals surface area contributed by atoms with E-state index in [2.05, 4.69) is 36.5 Å². The van der Waals surface area contributed by atoms with Gasteiger partial charge in [0.1, 0.15) is 0 Å². The summed E-state index contributed by atoms with van der Waals surface area (Å²) >= 11 is 0. The third kappa shape index (κ3) is 2.77. The van der Waals surface area contributed by atoms with Gasteiger partial charge in [-0.25, -0.2) is 4.79 Å². The highest BCUT2D eigenvalue weighted by molar-refractivity contribution is 5.75. The lowest BCUT2D eigenvalue weighted by atomic mass is 9.56. The van der Waals surface area contributed by atoms with Crippen molar-refractivity contribution in [3.8, 4) is 0 Å². The van der Waals surface area contributed by atoms with Crippen molar-refractivity contribution in [1.29, 1.82) is 0 Å². The number of nitrogens with zero attached hydrogens (tertiary/aromatic N) is 2. The molecule has 2 rings (SSSR count). The van der Waals surface area contributed by atoms with E-state index in [1.54, 1.807) is 18.0 Å². The highest BCUT2D eigenvalue weighted by Crippen LogP contribution is 2.51. The molecule has 0 aliphatic heterocycles. The van der Waals surface area contributed by atoms with Gasteiger partial charge < -0.3 is 15.4 Å². The molecule has 1 saturated carbocycles. The molecule has 0 bridgehead atoms. The van der Waals surface area contributed by atoms with Crippen molar-refractivity contribution < 1.29 is 9.53 Å². The Hall–Kier alpha value is -1.56. The van der Waals surface area contributed by atoms with Crippen molar-refractivity contribution in [3.05, 3.63) is 18.0 Å². The molecule has 1 aromatic rings. The molecule has 1 heterocycles. The van der Waals surface area contributed by atoms with Gasteiger partial charge in [0.2, 0.25) is 0 Å². The summed E-state index contributed by atoms with van der Waals surface area (Å²) in [4.78, 5) is 12.1. The molecular formula is C15H26N4O2. The Morgan fingerprint density at radius 3 is 2.67 bits per heavy atom. The second-order valence-corrected chi connectivity index (χ2v) is 6.70. The quantitative estimate of drug-likeness (QED) is 0.892. The molecule has 0 radical (unpaired) electrons. The van der Waals surface area contributed by atoms with Gasteiger partial charge in [0.25, 0.3) is 0 Å². The SMILES string of the molecule is CO[C@]1(C)C[C@H](NC(=O)N[C@H](C)c2cnn(C)c2)C1(C)C.